The number of allylic oxidation sites excluding steroid dienone is 2. The van der Waals surface area contributed by atoms with Crippen molar-refractivity contribution in [2.75, 3.05) is 19.6 Å². The standard InChI is InChI=1S/C24H23F2N3O6S/c25-23(26)35-15-7-5-14(6-8-15)13-18-22(33)29(24(34)36-18)12-10-27-19(30)9-11-28-20(31)16-3-1-2-4-17(16)21(28)32/h1-2,5-8,13,16-17,23H,3-4,9-12H2,(H,27,30)/b18-13+/t16-,17-/m1/s1. The summed E-state index contributed by atoms with van der Waals surface area (Å²) in [6.07, 6.45) is 6.24. The molecule has 0 aromatic heterocycles. The maximum atomic E-state index is 12.6. The van der Waals surface area contributed by atoms with E-state index in [1.165, 1.54) is 30.3 Å². The molecule has 190 valence electrons. The van der Waals surface area contributed by atoms with Crippen LogP contribution in [-0.4, -0.2) is 64.9 Å². The van der Waals surface area contributed by atoms with Crippen LogP contribution < -0.4 is 10.1 Å². The lowest BCUT2D eigenvalue weighted by Crippen LogP contribution is -2.39. The molecule has 2 aliphatic heterocycles. The molecule has 0 bridgehead atoms. The third kappa shape index (κ3) is 5.64. The third-order valence-electron chi connectivity index (χ3n) is 6.10. The summed E-state index contributed by atoms with van der Waals surface area (Å²) in [5, 5.41) is 2.11. The number of ether oxygens (including phenoxy) is 1. The largest absolute Gasteiger partial charge is 0.435 e. The van der Waals surface area contributed by atoms with Crippen molar-refractivity contribution in [3.05, 3.63) is 46.9 Å². The lowest BCUT2D eigenvalue weighted by molar-refractivity contribution is -0.140. The number of halogens is 2. The van der Waals surface area contributed by atoms with E-state index in [0.29, 0.717) is 18.4 Å². The van der Waals surface area contributed by atoms with Gasteiger partial charge in [-0.1, -0.05) is 24.3 Å². The average Bonchev–Trinajstić information content (AvgIpc) is 3.25. The predicted molar refractivity (Wildman–Crippen MR) is 125 cm³/mol. The minimum atomic E-state index is -2.94. The molecular weight excluding hydrogens is 496 g/mol. The Balaban J connectivity index is 1.23. The molecule has 2 heterocycles. The van der Waals surface area contributed by atoms with Gasteiger partial charge in [0.2, 0.25) is 17.7 Å². The van der Waals surface area contributed by atoms with Crippen LogP contribution in [-0.2, 0) is 19.2 Å². The van der Waals surface area contributed by atoms with Crippen LogP contribution in [0.15, 0.2) is 41.3 Å². The highest BCUT2D eigenvalue weighted by molar-refractivity contribution is 8.18. The number of carbonyl (C=O) groups is 5. The summed E-state index contributed by atoms with van der Waals surface area (Å²) >= 11 is 0.735. The summed E-state index contributed by atoms with van der Waals surface area (Å²) in [5.41, 5.74) is 0.525. The highest BCUT2D eigenvalue weighted by atomic mass is 32.2. The Hall–Kier alpha value is -3.54. The Morgan fingerprint density at radius 2 is 1.67 bits per heavy atom. The fraction of sp³-hybridized carbons (Fsp3) is 0.375. The molecule has 0 unspecified atom stereocenters. The number of likely N-dealkylation sites (tertiary alicyclic amines) is 1. The number of nitrogens with zero attached hydrogens (tertiary/aromatic N) is 2. The zero-order valence-corrected chi connectivity index (χ0v) is 19.8. The third-order valence-corrected chi connectivity index (χ3v) is 7.00. The van der Waals surface area contributed by atoms with Crippen molar-refractivity contribution in [3.63, 3.8) is 0 Å². The van der Waals surface area contributed by atoms with E-state index < -0.39 is 23.7 Å². The molecule has 4 rings (SSSR count). The van der Waals surface area contributed by atoms with Crippen LogP contribution in [0.1, 0.15) is 24.8 Å². The first-order valence-corrected chi connectivity index (χ1v) is 12.1. The van der Waals surface area contributed by atoms with Crippen LogP contribution in [0.5, 0.6) is 5.75 Å². The average molecular weight is 520 g/mol. The normalized spacial score (nSPS) is 22.7. The van der Waals surface area contributed by atoms with Crippen LogP contribution in [0.4, 0.5) is 13.6 Å². The fourth-order valence-corrected chi connectivity index (χ4v) is 5.15. The number of amides is 5. The molecule has 3 aliphatic rings. The molecule has 36 heavy (non-hydrogen) atoms. The maximum Gasteiger partial charge on any atom is 0.387 e. The Kier molecular flexibility index (Phi) is 7.82. The number of alkyl halides is 2. The van der Waals surface area contributed by atoms with Gasteiger partial charge < -0.3 is 10.1 Å². The monoisotopic (exact) mass is 519 g/mol. The topological polar surface area (TPSA) is 113 Å². The van der Waals surface area contributed by atoms with Gasteiger partial charge in [0, 0.05) is 26.1 Å². The smallest absolute Gasteiger partial charge is 0.387 e. The summed E-state index contributed by atoms with van der Waals surface area (Å²) in [5.74, 6) is -2.15. The number of hydrogen-bond donors (Lipinski definition) is 1. The maximum absolute atomic E-state index is 12.6. The van der Waals surface area contributed by atoms with Crippen LogP contribution in [0.2, 0.25) is 0 Å². The number of hydrogen-bond acceptors (Lipinski definition) is 7. The molecule has 1 aliphatic carbocycles. The molecule has 1 aromatic rings. The molecule has 1 N–H and O–H groups in total. The molecule has 0 radical (unpaired) electrons. The predicted octanol–water partition coefficient (Wildman–Crippen LogP) is 2.78. The van der Waals surface area contributed by atoms with Gasteiger partial charge in [0.15, 0.2) is 0 Å². The van der Waals surface area contributed by atoms with E-state index in [2.05, 4.69) is 10.1 Å². The summed E-state index contributed by atoms with van der Waals surface area (Å²) in [4.78, 5) is 64.3. The van der Waals surface area contributed by atoms with E-state index in [0.717, 1.165) is 21.6 Å². The number of fused-ring (bicyclic) bond motifs is 1. The summed E-state index contributed by atoms with van der Waals surface area (Å²) in [7, 11) is 0. The van der Waals surface area contributed by atoms with Gasteiger partial charge in [0.1, 0.15) is 5.75 Å². The number of carbonyl (C=O) groups excluding carboxylic acids is 5. The van der Waals surface area contributed by atoms with E-state index in [-0.39, 0.29) is 60.4 Å². The Labute approximate surface area is 209 Å². The van der Waals surface area contributed by atoms with Crippen molar-refractivity contribution in [2.24, 2.45) is 11.8 Å². The van der Waals surface area contributed by atoms with Crippen molar-refractivity contribution < 1.29 is 37.5 Å². The first kappa shape index (κ1) is 25.5. The zero-order chi connectivity index (χ0) is 25.8. The van der Waals surface area contributed by atoms with Crippen molar-refractivity contribution >= 4 is 46.7 Å². The van der Waals surface area contributed by atoms with Crippen LogP contribution in [0, 0.1) is 11.8 Å². The summed E-state index contributed by atoms with van der Waals surface area (Å²) in [6, 6.07) is 5.61. The molecule has 12 heteroatoms. The van der Waals surface area contributed by atoms with Gasteiger partial charge in [-0.05, 0) is 48.4 Å². The molecule has 2 saturated heterocycles. The first-order chi connectivity index (χ1) is 17.2. The van der Waals surface area contributed by atoms with Crippen molar-refractivity contribution in [3.8, 4) is 5.75 Å². The first-order valence-electron chi connectivity index (χ1n) is 11.3. The minimum absolute atomic E-state index is 0.0119. The van der Waals surface area contributed by atoms with Gasteiger partial charge in [0.05, 0.1) is 16.7 Å². The highest BCUT2D eigenvalue weighted by Crippen LogP contribution is 2.35. The van der Waals surface area contributed by atoms with Gasteiger partial charge >= 0.3 is 6.61 Å². The quantitative estimate of drug-likeness (QED) is 0.303. The van der Waals surface area contributed by atoms with Gasteiger partial charge in [-0.25, -0.2) is 0 Å². The van der Waals surface area contributed by atoms with Crippen LogP contribution in [0.3, 0.4) is 0 Å². The highest BCUT2D eigenvalue weighted by Gasteiger charge is 2.46. The fourth-order valence-electron chi connectivity index (χ4n) is 4.29. The molecule has 5 amide bonds. The van der Waals surface area contributed by atoms with E-state index in [4.69, 9.17) is 0 Å². The van der Waals surface area contributed by atoms with Crippen LogP contribution >= 0.6 is 11.8 Å². The van der Waals surface area contributed by atoms with Crippen molar-refractivity contribution in [1.82, 2.24) is 15.1 Å². The summed E-state index contributed by atoms with van der Waals surface area (Å²) < 4.78 is 28.8. The van der Waals surface area contributed by atoms with Crippen molar-refractivity contribution in [2.45, 2.75) is 25.9 Å². The van der Waals surface area contributed by atoms with Gasteiger partial charge in [-0.3, -0.25) is 33.8 Å². The van der Waals surface area contributed by atoms with E-state index in [9.17, 15) is 32.8 Å². The number of imide groups is 2. The van der Waals surface area contributed by atoms with Crippen LogP contribution in [0.25, 0.3) is 6.08 Å². The lowest BCUT2D eigenvalue weighted by Gasteiger charge is -2.15. The van der Waals surface area contributed by atoms with Gasteiger partial charge in [-0.2, -0.15) is 8.78 Å². The Bertz CT molecular complexity index is 1110. The lowest BCUT2D eigenvalue weighted by atomic mass is 9.85. The molecule has 0 saturated carbocycles. The summed E-state index contributed by atoms with van der Waals surface area (Å²) in [6.45, 7) is -2.99. The second-order valence-electron chi connectivity index (χ2n) is 8.36. The minimum Gasteiger partial charge on any atom is -0.435 e. The second-order valence-corrected chi connectivity index (χ2v) is 9.36. The SMILES string of the molecule is O=C(CCN1C(=O)[C@@H]2CC=CC[C@H]2C1=O)NCCN1C(=O)S/C(=C/c2ccc(OC(F)F)cc2)C1=O. The zero-order valence-electron chi connectivity index (χ0n) is 19.0. The molecule has 9 nitrogen and oxygen atoms in total. The second kappa shape index (κ2) is 11.0. The Morgan fingerprint density at radius 3 is 2.28 bits per heavy atom. The molecule has 0 spiro atoms. The number of thioether (sulfide) groups is 1. The van der Waals surface area contributed by atoms with E-state index in [1.807, 2.05) is 12.2 Å². The number of rotatable bonds is 9. The molecule has 2 atom stereocenters. The molecule has 2 fully saturated rings. The van der Waals surface area contributed by atoms with Crippen molar-refractivity contribution in [1.29, 1.82) is 0 Å². The molecular formula is C24H23F2N3O6S. The number of benzene rings is 1. The van der Waals surface area contributed by atoms with E-state index >= 15 is 0 Å². The van der Waals surface area contributed by atoms with Gasteiger partial charge in [0.25, 0.3) is 11.1 Å². The van der Waals surface area contributed by atoms with E-state index in [1.54, 1.807) is 0 Å². The van der Waals surface area contributed by atoms with Gasteiger partial charge in [-0.15, -0.1) is 0 Å². The Morgan fingerprint density at radius 1 is 1.03 bits per heavy atom. The number of nitrogens with one attached hydrogen (secondary N) is 1. The molecule has 1 aromatic carbocycles.